The van der Waals surface area contributed by atoms with Gasteiger partial charge < -0.3 is 47.4 Å². The first-order valence-corrected chi connectivity index (χ1v) is 12.7. The summed E-state index contributed by atoms with van der Waals surface area (Å²) in [4.78, 5) is 11.7. The summed E-state index contributed by atoms with van der Waals surface area (Å²) in [5.74, 6) is -0.353. The average Bonchev–Trinajstić information content (AvgIpc) is 2.93. The number of methoxy groups -OCH3 is 1. The Kier molecular flexibility index (Phi) is 24.7. The van der Waals surface area contributed by atoms with Crippen molar-refractivity contribution in [2.45, 2.75) is 0 Å². The van der Waals surface area contributed by atoms with E-state index in [4.69, 9.17) is 47.4 Å². The molecule has 0 radical (unpaired) electrons. The minimum absolute atomic E-state index is 0.207. The molecular weight excluding hydrogens is 488 g/mol. The van der Waals surface area contributed by atoms with Crippen LogP contribution in [0.5, 0.6) is 0 Å². The molecule has 0 bridgehead atoms. The summed E-state index contributed by atoms with van der Waals surface area (Å²) in [5.41, 5.74) is 0.528. The molecular formula is C26H44O11. The van der Waals surface area contributed by atoms with Gasteiger partial charge in [-0.25, -0.2) is 4.79 Å². The van der Waals surface area contributed by atoms with Gasteiger partial charge in [-0.05, 0) is 12.1 Å². The first kappa shape index (κ1) is 33.4. The second-order valence-corrected chi connectivity index (χ2v) is 7.39. The van der Waals surface area contributed by atoms with Gasteiger partial charge in [-0.3, -0.25) is 0 Å². The highest BCUT2D eigenvalue weighted by Gasteiger charge is 2.05. The molecule has 1 rings (SSSR count). The van der Waals surface area contributed by atoms with Gasteiger partial charge in [0.25, 0.3) is 0 Å². The van der Waals surface area contributed by atoms with Crippen molar-refractivity contribution in [2.75, 3.05) is 126 Å². The van der Waals surface area contributed by atoms with E-state index in [-0.39, 0.29) is 12.6 Å². The second-order valence-electron chi connectivity index (χ2n) is 7.39. The largest absolute Gasteiger partial charge is 0.460 e. The van der Waals surface area contributed by atoms with Crippen molar-refractivity contribution in [2.24, 2.45) is 0 Å². The zero-order valence-corrected chi connectivity index (χ0v) is 22.1. The van der Waals surface area contributed by atoms with Crippen LogP contribution in [0.3, 0.4) is 0 Å². The fraction of sp³-hybridized carbons (Fsp3) is 0.731. The van der Waals surface area contributed by atoms with Crippen molar-refractivity contribution in [3.05, 3.63) is 35.9 Å². The summed E-state index contributed by atoms with van der Waals surface area (Å²) in [5, 5.41) is 0. The lowest BCUT2D eigenvalue weighted by atomic mass is 10.2. The van der Waals surface area contributed by atoms with Crippen LogP contribution in [0.4, 0.5) is 0 Å². The number of ether oxygens (including phenoxy) is 10. The zero-order chi connectivity index (χ0) is 26.5. The van der Waals surface area contributed by atoms with Crippen molar-refractivity contribution < 1.29 is 52.2 Å². The van der Waals surface area contributed by atoms with Crippen molar-refractivity contribution in [1.29, 1.82) is 0 Å². The second kappa shape index (κ2) is 27.4. The Hall–Kier alpha value is -1.67. The molecule has 0 unspecified atom stereocenters. The number of hydrogen-bond acceptors (Lipinski definition) is 11. The van der Waals surface area contributed by atoms with Crippen molar-refractivity contribution in [1.82, 2.24) is 0 Å². The maximum atomic E-state index is 11.7. The zero-order valence-electron chi connectivity index (χ0n) is 22.1. The van der Waals surface area contributed by atoms with Crippen molar-refractivity contribution >= 4 is 5.97 Å². The molecule has 0 spiro atoms. The molecule has 1 aromatic carbocycles. The summed E-state index contributed by atoms with van der Waals surface area (Å²) >= 11 is 0. The number of esters is 1. The number of hydrogen-bond donors (Lipinski definition) is 0. The van der Waals surface area contributed by atoms with Crippen LogP contribution in [0.1, 0.15) is 10.4 Å². The summed E-state index contributed by atoms with van der Waals surface area (Å²) < 4.78 is 53.2. The molecule has 0 aliphatic rings. The minimum atomic E-state index is -0.353. The van der Waals surface area contributed by atoms with E-state index in [1.165, 1.54) is 0 Å². The standard InChI is InChI=1S/C26H44O11/c1-28-7-8-29-9-10-30-11-12-31-13-14-32-15-16-33-17-18-34-19-20-35-21-22-36-23-24-37-26(27)25-5-3-2-4-6-25/h2-6H,7-24H2,1H3. The normalized spacial score (nSPS) is 11.2. The monoisotopic (exact) mass is 532 g/mol. The number of rotatable bonds is 28. The Labute approximate surface area is 220 Å². The Bertz CT molecular complexity index is 603. The Morgan fingerprint density at radius 1 is 0.459 bits per heavy atom. The van der Waals surface area contributed by atoms with Gasteiger partial charge in [0.05, 0.1) is 118 Å². The highest BCUT2D eigenvalue weighted by molar-refractivity contribution is 5.89. The Morgan fingerprint density at radius 2 is 0.757 bits per heavy atom. The van der Waals surface area contributed by atoms with Crippen LogP contribution >= 0.6 is 0 Å². The van der Waals surface area contributed by atoms with Crippen molar-refractivity contribution in [3.63, 3.8) is 0 Å². The van der Waals surface area contributed by atoms with Gasteiger partial charge in [0, 0.05) is 7.11 Å². The molecule has 0 aliphatic carbocycles. The average molecular weight is 533 g/mol. The third kappa shape index (κ3) is 23.2. The van der Waals surface area contributed by atoms with E-state index in [1.807, 2.05) is 6.07 Å². The van der Waals surface area contributed by atoms with E-state index in [0.29, 0.717) is 118 Å². The topological polar surface area (TPSA) is 109 Å². The van der Waals surface area contributed by atoms with Crippen LogP contribution < -0.4 is 0 Å². The van der Waals surface area contributed by atoms with Crippen LogP contribution in [0.15, 0.2) is 30.3 Å². The molecule has 11 nitrogen and oxygen atoms in total. The Morgan fingerprint density at radius 3 is 1.08 bits per heavy atom. The van der Waals surface area contributed by atoms with Gasteiger partial charge >= 0.3 is 5.97 Å². The first-order valence-electron chi connectivity index (χ1n) is 12.7. The summed E-state index contributed by atoms with van der Waals surface area (Å²) in [6.45, 7) is 8.73. The molecule has 0 saturated carbocycles. The van der Waals surface area contributed by atoms with Crippen LogP contribution in [-0.2, 0) is 47.4 Å². The lowest BCUT2D eigenvalue weighted by Crippen LogP contribution is -2.15. The lowest BCUT2D eigenvalue weighted by Gasteiger charge is -2.09. The molecule has 37 heavy (non-hydrogen) atoms. The van der Waals surface area contributed by atoms with E-state index in [0.717, 1.165) is 0 Å². The molecule has 0 heterocycles. The third-order valence-corrected chi connectivity index (χ3v) is 4.51. The highest BCUT2D eigenvalue weighted by Crippen LogP contribution is 2.00. The molecule has 214 valence electrons. The molecule has 0 saturated heterocycles. The smallest absolute Gasteiger partial charge is 0.338 e. The molecule has 11 heteroatoms. The molecule has 0 N–H and O–H groups in total. The predicted octanol–water partition coefficient (Wildman–Crippen LogP) is 1.62. The highest BCUT2D eigenvalue weighted by atomic mass is 16.6. The SMILES string of the molecule is COCCOCCOCCOCCOCCOCCOCCOCCOCCOC(=O)c1ccccc1. The summed E-state index contributed by atoms with van der Waals surface area (Å²) in [7, 11) is 1.64. The van der Waals surface area contributed by atoms with E-state index in [9.17, 15) is 4.79 Å². The van der Waals surface area contributed by atoms with Gasteiger partial charge in [0.15, 0.2) is 0 Å². The van der Waals surface area contributed by atoms with Gasteiger partial charge in [-0.15, -0.1) is 0 Å². The first-order chi connectivity index (χ1) is 18.3. The number of carbonyl (C=O) groups is 1. The molecule has 0 amide bonds. The fourth-order valence-corrected chi connectivity index (χ4v) is 2.63. The van der Waals surface area contributed by atoms with Crippen LogP contribution in [0.25, 0.3) is 0 Å². The van der Waals surface area contributed by atoms with Gasteiger partial charge in [-0.2, -0.15) is 0 Å². The van der Waals surface area contributed by atoms with Crippen LogP contribution in [-0.4, -0.2) is 132 Å². The number of carbonyl (C=O) groups excluding carboxylic acids is 1. The van der Waals surface area contributed by atoms with Gasteiger partial charge in [0.1, 0.15) is 6.61 Å². The third-order valence-electron chi connectivity index (χ3n) is 4.51. The van der Waals surface area contributed by atoms with E-state index in [1.54, 1.807) is 31.4 Å². The molecule has 1 aromatic rings. The maximum Gasteiger partial charge on any atom is 0.338 e. The molecule has 0 atom stereocenters. The van der Waals surface area contributed by atoms with E-state index < -0.39 is 0 Å². The van der Waals surface area contributed by atoms with E-state index in [2.05, 4.69) is 0 Å². The maximum absolute atomic E-state index is 11.7. The van der Waals surface area contributed by atoms with Crippen LogP contribution in [0.2, 0.25) is 0 Å². The molecule has 0 aromatic heterocycles. The lowest BCUT2D eigenvalue weighted by molar-refractivity contribution is -0.0253. The van der Waals surface area contributed by atoms with Gasteiger partial charge in [0.2, 0.25) is 0 Å². The van der Waals surface area contributed by atoms with Gasteiger partial charge in [-0.1, -0.05) is 18.2 Å². The molecule has 0 aliphatic heterocycles. The minimum Gasteiger partial charge on any atom is -0.460 e. The quantitative estimate of drug-likeness (QED) is 0.116. The number of benzene rings is 1. The Balaban J connectivity index is 1.66. The summed E-state index contributed by atoms with van der Waals surface area (Å²) in [6, 6.07) is 8.85. The molecule has 0 fully saturated rings. The predicted molar refractivity (Wildman–Crippen MR) is 135 cm³/mol. The fourth-order valence-electron chi connectivity index (χ4n) is 2.63. The van der Waals surface area contributed by atoms with Crippen LogP contribution in [0, 0.1) is 0 Å². The summed E-state index contributed by atoms with van der Waals surface area (Å²) in [6.07, 6.45) is 0. The van der Waals surface area contributed by atoms with E-state index >= 15 is 0 Å². The van der Waals surface area contributed by atoms with Crippen molar-refractivity contribution in [3.8, 4) is 0 Å².